The van der Waals surface area contributed by atoms with Crippen molar-refractivity contribution in [3.63, 3.8) is 0 Å². The molecule has 0 aromatic heterocycles. The van der Waals surface area contributed by atoms with Gasteiger partial charge in [0, 0.05) is 42.8 Å². The molecule has 1 fully saturated rings. The number of nitrogens with zero attached hydrogens (tertiary/aromatic N) is 1. The summed E-state index contributed by atoms with van der Waals surface area (Å²) >= 11 is 6.12. The van der Waals surface area contributed by atoms with Gasteiger partial charge in [-0.2, -0.15) is 0 Å². The Morgan fingerprint density at radius 1 is 1.30 bits per heavy atom. The second kappa shape index (κ2) is 8.96. The number of halogens is 3. The lowest BCUT2D eigenvalue weighted by Gasteiger charge is -2.35. The third-order valence-corrected chi connectivity index (χ3v) is 3.85. The van der Waals surface area contributed by atoms with Gasteiger partial charge in [0.25, 0.3) is 0 Å². The molecule has 0 bridgehead atoms. The summed E-state index contributed by atoms with van der Waals surface area (Å²) in [5, 5.41) is 14.3. The van der Waals surface area contributed by atoms with Crippen LogP contribution in [-0.4, -0.2) is 36.2 Å². The Hall–Kier alpha value is -0.190. The number of hydrogen-bond acceptors (Lipinski definition) is 3. The third-order valence-electron chi connectivity index (χ3n) is 3.63. The van der Waals surface area contributed by atoms with Gasteiger partial charge in [-0.1, -0.05) is 18.5 Å². The van der Waals surface area contributed by atoms with Gasteiger partial charge in [-0.3, -0.25) is 4.90 Å². The highest BCUT2D eigenvalue weighted by Gasteiger charge is 2.23. The maximum Gasteiger partial charge on any atom is 0.123 e. The zero-order valence-electron chi connectivity index (χ0n) is 11.9. The van der Waals surface area contributed by atoms with E-state index >= 15 is 0 Å². The SMILES string of the molecule is CC[C@H](c1cc(Cl)cc(C)c1O)N1CCNCC1.Cl.Cl. The van der Waals surface area contributed by atoms with Crippen molar-refractivity contribution in [2.75, 3.05) is 26.2 Å². The van der Waals surface area contributed by atoms with E-state index in [2.05, 4.69) is 17.1 Å². The molecule has 2 rings (SSSR count). The van der Waals surface area contributed by atoms with E-state index in [1.165, 1.54) is 0 Å². The van der Waals surface area contributed by atoms with Gasteiger partial charge in [0.05, 0.1) is 0 Å². The predicted octanol–water partition coefficient (Wildman–Crippen LogP) is 3.55. The second-order valence-electron chi connectivity index (χ2n) is 4.87. The van der Waals surface area contributed by atoms with Crippen molar-refractivity contribution in [2.24, 2.45) is 0 Å². The third kappa shape index (κ3) is 4.40. The molecule has 1 atom stereocenters. The molecule has 0 spiro atoms. The van der Waals surface area contributed by atoms with E-state index in [1.807, 2.05) is 19.1 Å². The van der Waals surface area contributed by atoms with Crippen LogP contribution in [0.1, 0.15) is 30.5 Å². The molecular formula is C14H23Cl3N2O. The second-order valence-corrected chi connectivity index (χ2v) is 5.31. The number of rotatable bonds is 3. The smallest absolute Gasteiger partial charge is 0.123 e. The van der Waals surface area contributed by atoms with E-state index in [0.29, 0.717) is 10.8 Å². The molecular weight excluding hydrogens is 319 g/mol. The fourth-order valence-electron chi connectivity index (χ4n) is 2.68. The molecule has 3 nitrogen and oxygen atoms in total. The highest BCUT2D eigenvalue weighted by atomic mass is 35.5. The molecule has 0 unspecified atom stereocenters. The molecule has 0 aliphatic carbocycles. The summed E-state index contributed by atoms with van der Waals surface area (Å²) < 4.78 is 0. The van der Waals surface area contributed by atoms with Crippen LogP contribution >= 0.6 is 36.4 Å². The maximum atomic E-state index is 10.3. The molecule has 1 aromatic carbocycles. The molecule has 1 aliphatic heterocycles. The fourth-order valence-corrected chi connectivity index (χ4v) is 2.97. The average molecular weight is 342 g/mol. The van der Waals surface area contributed by atoms with Crippen molar-refractivity contribution in [1.29, 1.82) is 0 Å². The van der Waals surface area contributed by atoms with Crippen molar-refractivity contribution < 1.29 is 5.11 Å². The number of nitrogens with one attached hydrogen (secondary N) is 1. The largest absolute Gasteiger partial charge is 0.507 e. The quantitative estimate of drug-likeness (QED) is 0.882. The Labute approximate surface area is 138 Å². The average Bonchev–Trinajstić information content (AvgIpc) is 2.37. The van der Waals surface area contributed by atoms with Gasteiger partial charge in [-0.15, -0.1) is 24.8 Å². The normalized spacial score (nSPS) is 16.9. The zero-order chi connectivity index (χ0) is 13.1. The van der Waals surface area contributed by atoms with Crippen molar-refractivity contribution in [3.8, 4) is 5.75 Å². The minimum Gasteiger partial charge on any atom is -0.507 e. The summed E-state index contributed by atoms with van der Waals surface area (Å²) in [6, 6.07) is 3.97. The van der Waals surface area contributed by atoms with Crippen LogP contribution in [0.4, 0.5) is 0 Å². The topological polar surface area (TPSA) is 35.5 Å². The Balaban J connectivity index is 0.00000180. The van der Waals surface area contributed by atoms with E-state index in [4.69, 9.17) is 11.6 Å². The van der Waals surface area contributed by atoms with Gasteiger partial charge >= 0.3 is 0 Å². The number of hydrogen-bond donors (Lipinski definition) is 2. The van der Waals surface area contributed by atoms with Crippen molar-refractivity contribution >= 4 is 36.4 Å². The minimum absolute atomic E-state index is 0. The lowest BCUT2D eigenvalue weighted by atomic mass is 9.98. The first-order valence-electron chi connectivity index (χ1n) is 6.57. The number of benzene rings is 1. The van der Waals surface area contributed by atoms with Gasteiger partial charge in [0.15, 0.2) is 0 Å². The van der Waals surface area contributed by atoms with Gasteiger partial charge in [-0.05, 0) is 31.0 Å². The predicted molar refractivity (Wildman–Crippen MR) is 89.8 cm³/mol. The van der Waals surface area contributed by atoms with Crippen LogP contribution in [0, 0.1) is 6.92 Å². The first-order valence-corrected chi connectivity index (χ1v) is 6.95. The van der Waals surface area contributed by atoms with E-state index in [0.717, 1.165) is 43.7 Å². The lowest BCUT2D eigenvalue weighted by molar-refractivity contribution is 0.167. The van der Waals surface area contributed by atoms with Gasteiger partial charge in [0.2, 0.25) is 0 Å². The highest BCUT2D eigenvalue weighted by Crippen LogP contribution is 2.35. The van der Waals surface area contributed by atoms with Crippen molar-refractivity contribution in [3.05, 3.63) is 28.3 Å². The van der Waals surface area contributed by atoms with E-state index in [9.17, 15) is 5.11 Å². The summed E-state index contributed by atoms with van der Waals surface area (Å²) in [7, 11) is 0. The monoisotopic (exact) mass is 340 g/mol. The standard InChI is InChI=1S/C14H21ClN2O.2ClH/c1-3-13(17-6-4-16-5-7-17)12-9-11(15)8-10(2)14(12)18;;/h8-9,13,16,18H,3-7H2,1-2H3;2*1H/t13-;;/m1../s1. The Morgan fingerprint density at radius 2 is 1.90 bits per heavy atom. The molecule has 2 N–H and O–H groups in total. The molecule has 6 heteroatoms. The van der Waals surface area contributed by atoms with Crippen LogP contribution in [0.2, 0.25) is 5.02 Å². The molecule has 1 heterocycles. The van der Waals surface area contributed by atoms with E-state index in [-0.39, 0.29) is 30.9 Å². The van der Waals surface area contributed by atoms with Crippen molar-refractivity contribution in [1.82, 2.24) is 10.2 Å². The minimum atomic E-state index is 0. The Bertz CT molecular complexity index is 423. The summed E-state index contributed by atoms with van der Waals surface area (Å²) in [6.45, 7) is 8.11. The molecule has 0 saturated carbocycles. The van der Waals surface area contributed by atoms with Gasteiger partial charge in [-0.25, -0.2) is 0 Å². The first-order chi connectivity index (χ1) is 8.63. The number of aryl methyl sites for hydroxylation is 1. The van der Waals surface area contributed by atoms with Gasteiger partial charge < -0.3 is 10.4 Å². The molecule has 1 aromatic rings. The summed E-state index contributed by atoms with van der Waals surface area (Å²) in [6.07, 6.45) is 0.980. The summed E-state index contributed by atoms with van der Waals surface area (Å²) in [5.74, 6) is 0.393. The Morgan fingerprint density at radius 3 is 2.45 bits per heavy atom. The Kier molecular flexibility index (Phi) is 8.87. The summed E-state index contributed by atoms with van der Waals surface area (Å²) in [4.78, 5) is 2.42. The van der Waals surface area contributed by atoms with Crippen LogP contribution in [-0.2, 0) is 0 Å². The van der Waals surface area contributed by atoms with E-state index in [1.54, 1.807) is 0 Å². The number of phenolic OH excluding ortho intramolecular Hbond substituents is 1. The molecule has 20 heavy (non-hydrogen) atoms. The molecule has 116 valence electrons. The van der Waals surface area contributed by atoms with Gasteiger partial charge in [0.1, 0.15) is 5.75 Å². The maximum absolute atomic E-state index is 10.3. The van der Waals surface area contributed by atoms with Crippen LogP contribution in [0.15, 0.2) is 12.1 Å². The molecule has 1 saturated heterocycles. The molecule has 0 radical (unpaired) electrons. The highest BCUT2D eigenvalue weighted by molar-refractivity contribution is 6.30. The fraction of sp³-hybridized carbons (Fsp3) is 0.571. The zero-order valence-corrected chi connectivity index (χ0v) is 14.2. The van der Waals surface area contributed by atoms with E-state index < -0.39 is 0 Å². The molecule has 1 aliphatic rings. The van der Waals surface area contributed by atoms with Crippen LogP contribution < -0.4 is 5.32 Å². The number of aromatic hydroxyl groups is 1. The van der Waals surface area contributed by atoms with Crippen LogP contribution in [0.3, 0.4) is 0 Å². The first kappa shape index (κ1) is 19.8. The number of piperazine rings is 1. The number of phenols is 1. The molecule has 0 amide bonds. The summed E-state index contributed by atoms with van der Waals surface area (Å²) in [5.41, 5.74) is 1.82. The lowest BCUT2D eigenvalue weighted by Crippen LogP contribution is -2.45. The van der Waals surface area contributed by atoms with Crippen LogP contribution in [0.25, 0.3) is 0 Å². The van der Waals surface area contributed by atoms with Crippen molar-refractivity contribution in [2.45, 2.75) is 26.3 Å². The van der Waals surface area contributed by atoms with Crippen LogP contribution in [0.5, 0.6) is 5.75 Å².